The molecule has 1 heterocycles. The van der Waals surface area contributed by atoms with Crippen molar-refractivity contribution in [2.75, 3.05) is 23.4 Å². The lowest BCUT2D eigenvalue weighted by atomic mass is 10.5. The summed E-state index contributed by atoms with van der Waals surface area (Å²) in [6.45, 7) is 4.47. The number of hydrogen-bond acceptors (Lipinski definition) is 5. The summed E-state index contributed by atoms with van der Waals surface area (Å²) in [5.41, 5.74) is 0.335. The second kappa shape index (κ2) is 6.85. The maximum absolute atomic E-state index is 8.52. The van der Waals surface area contributed by atoms with E-state index in [4.69, 9.17) is 5.26 Å². The molecular weight excluding hydrogens is 208 g/mol. The third kappa shape index (κ3) is 4.47. The maximum Gasteiger partial charge on any atom is 0.158 e. The molecule has 0 saturated carbocycles. The van der Waals surface area contributed by atoms with Gasteiger partial charge in [-0.05, 0) is 0 Å². The Kier molecular flexibility index (Phi) is 5.26. The fourth-order valence-corrected chi connectivity index (χ4v) is 1.47. The second-order valence-corrected chi connectivity index (χ2v) is 3.84. The van der Waals surface area contributed by atoms with Gasteiger partial charge in [0.1, 0.15) is 11.9 Å². The molecule has 0 saturated heterocycles. The number of thioether (sulfide) groups is 1. The Morgan fingerprint density at radius 1 is 1.53 bits per heavy atom. The minimum atomic E-state index is 0.335. The molecule has 0 unspecified atom stereocenters. The van der Waals surface area contributed by atoms with E-state index in [0.717, 1.165) is 18.1 Å². The molecule has 0 aliphatic carbocycles. The first-order valence-corrected chi connectivity index (χ1v) is 5.67. The van der Waals surface area contributed by atoms with Crippen molar-refractivity contribution in [3.8, 4) is 6.07 Å². The third-order valence-corrected chi connectivity index (χ3v) is 2.52. The number of nitrogens with one attached hydrogen (secondary N) is 1. The molecule has 15 heavy (non-hydrogen) atoms. The summed E-state index contributed by atoms with van der Waals surface area (Å²) >= 11 is 1.80. The van der Waals surface area contributed by atoms with Crippen LogP contribution in [0.2, 0.25) is 0 Å². The van der Waals surface area contributed by atoms with Crippen LogP contribution in [0.15, 0.2) is 25.0 Å². The number of nitrogens with zero attached hydrogens (tertiary/aromatic N) is 3. The number of rotatable bonds is 6. The number of hydrogen-bond donors (Lipinski definition) is 1. The molecule has 0 radical (unpaired) electrons. The SMILES string of the molecule is C=CCSCCNc1cnc(C#N)cn1. The smallest absolute Gasteiger partial charge is 0.158 e. The van der Waals surface area contributed by atoms with E-state index in [-0.39, 0.29) is 0 Å². The molecule has 5 heteroatoms. The van der Waals surface area contributed by atoms with Crippen molar-refractivity contribution in [3.63, 3.8) is 0 Å². The molecule has 78 valence electrons. The Labute approximate surface area is 93.4 Å². The molecular formula is C10H12N4S. The largest absolute Gasteiger partial charge is 0.368 e. The second-order valence-electron chi connectivity index (χ2n) is 2.69. The molecule has 1 aromatic heterocycles. The lowest BCUT2D eigenvalue weighted by Crippen LogP contribution is -2.06. The normalized spacial score (nSPS) is 9.27. The van der Waals surface area contributed by atoms with Gasteiger partial charge in [0.25, 0.3) is 0 Å². The van der Waals surface area contributed by atoms with Gasteiger partial charge in [-0.25, -0.2) is 9.97 Å². The van der Waals surface area contributed by atoms with Crippen LogP contribution in [0.4, 0.5) is 5.82 Å². The van der Waals surface area contributed by atoms with Crippen LogP contribution in [0.25, 0.3) is 0 Å². The van der Waals surface area contributed by atoms with E-state index in [1.165, 1.54) is 6.20 Å². The lowest BCUT2D eigenvalue weighted by molar-refractivity contribution is 1.11. The zero-order valence-corrected chi connectivity index (χ0v) is 9.13. The Morgan fingerprint density at radius 2 is 2.40 bits per heavy atom. The summed E-state index contributed by atoms with van der Waals surface area (Å²) in [6.07, 6.45) is 4.90. The van der Waals surface area contributed by atoms with Crippen LogP contribution in [0.3, 0.4) is 0 Å². The molecule has 0 aromatic carbocycles. The van der Waals surface area contributed by atoms with E-state index in [0.29, 0.717) is 11.5 Å². The van der Waals surface area contributed by atoms with E-state index < -0.39 is 0 Å². The zero-order chi connectivity index (χ0) is 10.9. The molecule has 0 amide bonds. The molecule has 0 aliphatic heterocycles. The van der Waals surface area contributed by atoms with Gasteiger partial charge in [0.15, 0.2) is 5.69 Å². The van der Waals surface area contributed by atoms with E-state index in [9.17, 15) is 0 Å². The van der Waals surface area contributed by atoms with Gasteiger partial charge in [-0.3, -0.25) is 0 Å². The van der Waals surface area contributed by atoms with Gasteiger partial charge >= 0.3 is 0 Å². The summed E-state index contributed by atoms with van der Waals surface area (Å²) in [6, 6.07) is 1.92. The highest BCUT2D eigenvalue weighted by Crippen LogP contribution is 2.02. The van der Waals surface area contributed by atoms with Crippen LogP contribution < -0.4 is 5.32 Å². The van der Waals surface area contributed by atoms with E-state index in [2.05, 4.69) is 21.9 Å². The van der Waals surface area contributed by atoms with E-state index in [1.54, 1.807) is 18.0 Å². The molecule has 0 atom stereocenters. The molecule has 0 spiro atoms. The summed E-state index contributed by atoms with van der Waals surface area (Å²) in [5.74, 6) is 2.65. The van der Waals surface area contributed by atoms with Crippen LogP contribution in [0.5, 0.6) is 0 Å². The van der Waals surface area contributed by atoms with Crippen LogP contribution in [-0.4, -0.2) is 28.0 Å². The predicted molar refractivity (Wildman–Crippen MR) is 62.8 cm³/mol. The Balaban J connectivity index is 2.26. The topological polar surface area (TPSA) is 61.6 Å². The van der Waals surface area contributed by atoms with Gasteiger partial charge < -0.3 is 5.32 Å². The first kappa shape index (κ1) is 11.5. The highest BCUT2D eigenvalue weighted by atomic mass is 32.2. The van der Waals surface area contributed by atoms with Crippen molar-refractivity contribution in [2.24, 2.45) is 0 Å². The molecule has 4 nitrogen and oxygen atoms in total. The van der Waals surface area contributed by atoms with Crippen molar-refractivity contribution in [3.05, 3.63) is 30.7 Å². The minimum absolute atomic E-state index is 0.335. The van der Waals surface area contributed by atoms with Crippen molar-refractivity contribution >= 4 is 17.6 Å². The van der Waals surface area contributed by atoms with Gasteiger partial charge in [-0.15, -0.1) is 6.58 Å². The van der Waals surface area contributed by atoms with Crippen LogP contribution in [0.1, 0.15) is 5.69 Å². The van der Waals surface area contributed by atoms with Gasteiger partial charge in [0, 0.05) is 18.1 Å². The third-order valence-electron chi connectivity index (χ3n) is 1.55. The first-order chi connectivity index (χ1) is 7.36. The van der Waals surface area contributed by atoms with E-state index in [1.807, 2.05) is 12.1 Å². The average Bonchev–Trinajstić information content (AvgIpc) is 2.30. The molecule has 1 aromatic rings. The van der Waals surface area contributed by atoms with Crippen LogP contribution in [-0.2, 0) is 0 Å². The van der Waals surface area contributed by atoms with Crippen LogP contribution >= 0.6 is 11.8 Å². The quantitative estimate of drug-likeness (QED) is 0.583. The molecule has 0 fully saturated rings. The summed E-state index contributed by atoms with van der Waals surface area (Å²) in [5, 5.41) is 11.6. The molecule has 0 bridgehead atoms. The fraction of sp³-hybridized carbons (Fsp3) is 0.300. The van der Waals surface area contributed by atoms with Crippen molar-refractivity contribution < 1.29 is 0 Å². The highest BCUT2D eigenvalue weighted by Gasteiger charge is 1.95. The minimum Gasteiger partial charge on any atom is -0.368 e. The van der Waals surface area contributed by atoms with Gasteiger partial charge in [-0.2, -0.15) is 17.0 Å². The lowest BCUT2D eigenvalue weighted by Gasteiger charge is -2.03. The highest BCUT2D eigenvalue weighted by molar-refractivity contribution is 7.99. The molecule has 0 aliphatic rings. The Bertz CT molecular complexity index is 341. The van der Waals surface area contributed by atoms with Crippen LogP contribution in [0, 0.1) is 11.3 Å². The van der Waals surface area contributed by atoms with Crippen molar-refractivity contribution in [1.82, 2.24) is 9.97 Å². The number of aromatic nitrogens is 2. The average molecular weight is 220 g/mol. The molecule has 1 rings (SSSR count). The summed E-state index contributed by atoms with van der Waals surface area (Å²) in [7, 11) is 0. The Hall–Kier alpha value is -1.54. The van der Waals surface area contributed by atoms with Gasteiger partial charge in [0.2, 0.25) is 0 Å². The maximum atomic E-state index is 8.52. The van der Waals surface area contributed by atoms with Gasteiger partial charge in [0.05, 0.1) is 12.4 Å². The number of anilines is 1. The van der Waals surface area contributed by atoms with E-state index >= 15 is 0 Å². The summed E-state index contributed by atoms with van der Waals surface area (Å²) < 4.78 is 0. The van der Waals surface area contributed by atoms with Crippen molar-refractivity contribution in [2.45, 2.75) is 0 Å². The van der Waals surface area contributed by atoms with Gasteiger partial charge in [-0.1, -0.05) is 6.08 Å². The fourth-order valence-electron chi connectivity index (χ4n) is 0.895. The monoisotopic (exact) mass is 220 g/mol. The Morgan fingerprint density at radius 3 is 3.00 bits per heavy atom. The van der Waals surface area contributed by atoms with Crippen molar-refractivity contribution in [1.29, 1.82) is 5.26 Å². The zero-order valence-electron chi connectivity index (χ0n) is 8.31. The predicted octanol–water partition coefficient (Wildman–Crippen LogP) is 1.68. The molecule has 1 N–H and O–H groups in total. The summed E-state index contributed by atoms with van der Waals surface area (Å²) in [4.78, 5) is 7.94. The first-order valence-electron chi connectivity index (χ1n) is 4.51. The standard InChI is InChI=1S/C10H12N4S/c1-2-4-15-5-3-12-10-8-13-9(6-11)7-14-10/h2,7-8H,1,3-5H2,(H,12,14). The number of nitriles is 1.